The van der Waals surface area contributed by atoms with E-state index >= 15 is 0 Å². The van der Waals surface area contributed by atoms with Crippen LogP contribution in [0.5, 0.6) is 0 Å². The fourth-order valence-electron chi connectivity index (χ4n) is 3.47. The molecule has 1 saturated carbocycles. The van der Waals surface area contributed by atoms with Crippen LogP contribution in [-0.2, 0) is 33.5 Å². The monoisotopic (exact) mass is 444 g/mol. The Labute approximate surface area is 169 Å². The van der Waals surface area contributed by atoms with Crippen LogP contribution in [0.25, 0.3) is 0 Å². The van der Waals surface area contributed by atoms with Crippen LogP contribution >= 0.6 is 0 Å². The number of aryl methyl sites for hydroxylation is 1. The largest absolute Gasteiger partial charge is 0.339 e. The molecule has 1 aliphatic heterocycles. The molecule has 0 spiro atoms. The van der Waals surface area contributed by atoms with Gasteiger partial charge in [-0.05, 0) is 12.8 Å². The lowest BCUT2D eigenvalue weighted by Crippen LogP contribution is -2.62. The van der Waals surface area contributed by atoms with Crippen molar-refractivity contribution in [3.63, 3.8) is 0 Å². The highest BCUT2D eigenvalue weighted by Gasteiger charge is 2.43. The summed E-state index contributed by atoms with van der Waals surface area (Å²) in [7, 11) is -5.56. The molecule has 29 heavy (non-hydrogen) atoms. The van der Waals surface area contributed by atoms with E-state index in [0.29, 0.717) is 24.1 Å². The van der Waals surface area contributed by atoms with E-state index in [0.717, 1.165) is 25.5 Å². The zero-order chi connectivity index (χ0) is 20.8. The van der Waals surface area contributed by atoms with Crippen LogP contribution in [0.15, 0.2) is 22.1 Å². The minimum atomic E-state index is -3.72. The van der Waals surface area contributed by atoms with E-state index in [1.807, 2.05) is 0 Å². The van der Waals surface area contributed by atoms with Gasteiger partial charge in [-0.15, -0.1) is 0 Å². The lowest BCUT2D eigenvalue weighted by atomic mass is 9.85. The van der Waals surface area contributed by atoms with Crippen LogP contribution in [0.3, 0.4) is 0 Å². The Bertz CT molecular complexity index is 1080. The van der Waals surface area contributed by atoms with Crippen LogP contribution in [0.4, 0.5) is 0 Å². The number of sulfonamides is 2. The van der Waals surface area contributed by atoms with Gasteiger partial charge in [0.05, 0.1) is 18.6 Å². The summed E-state index contributed by atoms with van der Waals surface area (Å²) in [6, 6.07) is -0.429. The van der Waals surface area contributed by atoms with Crippen molar-refractivity contribution in [1.82, 2.24) is 28.3 Å². The molecule has 0 bridgehead atoms. The third-order valence-corrected chi connectivity index (χ3v) is 8.49. The van der Waals surface area contributed by atoms with Gasteiger partial charge in [0, 0.05) is 45.2 Å². The zero-order valence-corrected chi connectivity index (χ0v) is 17.9. The molecule has 160 valence electrons. The van der Waals surface area contributed by atoms with E-state index in [4.69, 9.17) is 4.52 Å². The maximum atomic E-state index is 12.6. The molecule has 0 amide bonds. The SMILES string of the molecule is Cn1cnc(S(=O)(=O)N2CC(N(CCc3noc(C4CCC4)n3)S(C)(=O)=O)C2)c1. The van der Waals surface area contributed by atoms with Gasteiger partial charge < -0.3 is 9.09 Å². The zero-order valence-electron chi connectivity index (χ0n) is 16.3. The molecule has 0 unspecified atom stereocenters. The number of rotatable bonds is 8. The van der Waals surface area contributed by atoms with Gasteiger partial charge in [-0.25, -0.2) is 21.8 Å². The molecule has 0 atom stereocenters. The van der Waals surface area contributed by atoms with Gasteiger partial charge in [-0.3, -0.25) is 0 Å². The Morgan fingerprint density at radius 1 is 1.24 bits per heavy atom. The quantitative estimate of drug-likeness (QED) is 0.554. The van der Waals surface area contributed by atoms with E-state index in [1.54, 1.807) is 11.6 Å². The molecule has 0 aromatic carbocycles. The smallest absolute Gasteiger partial charge is 0.262 e. The van der Waals surface area contributed by atoms with Crippen molar-refractivity contribution in [3.05, 3.63) is 24.2 Å². The summed E-state index contributed by atoms with van der Waals surface area (Å²) in [6.45, 7) is 0.349. The number of nitrogens with zero attached hydrogens (tertiary/aromatic N) is 6. The molecule has 1 aliphatic carbocycles. The average Bonchev–Trinajstić information content (AvgIpc) is 3.15. The van der Waals surface area contributed by atoms with Crippen LogP contribution < -0.4 is 0 Å². The first-order chi connectivity index (χ1) is 13.6. The number of imidazole rings is 1. The first-order valence-electron chi connectivity index (χ1n) is 9.42. The van der Waals surface area contributed by atoms with Crippen molar-refractivity contribution in [1.29, 1.82) is 0 Å². The van der Waals surface area contributed by atoms with Gasteiger partial charge in [-0.1, -0.05) is 11.6 Å². The van der Waals surface area contributed by atoms with Crippen molar-refractivity contribution in [3.8, 4) is 0 Å². The Morgan fingerprint density at radius 3 is 2.52 bits per heavy atom. The highest BCUT2D eigenvalue weighted by Crippen LogP contribution is 2.35. The first-order valence-corrected chi connectivity index (χ1v) is 12.7. The fourth-order valence-corrected chi connectivity index (χ4v) is 6.05. The van der Waals surface area contributed by atoms with Crippen molar-refractivity contribution >= 4 is 20.0 Å². The fraction of sp³-hybridized carbons (Fsp3) is 0.688. The van der Waals surface area contributed by atoms with E-state index in [1.165, 1.54) is 21.1 Å². The molecule has 11 nitrogen and oxygen atoms in total. The minimum absolute atomic E-state index is 0.0420. The van der Waals surface area contributed by atoms with Gasteiger partial charge in [-0.2, -0.15) is 13.6 Å². The molecule has 0 radical (unpaired) electrons. The molecule has 1 saturated heterocycles. The second-order valence-corrected chi connectivity index (χ2v) is 11.5. The number of aromatic nitrogens is 4. The Balaban J connectivity index is 1.39. The van der Waals surface area contributed by atoms with Crippen LogP contribution in [0.2, 0.25) is 0 Å². The summed E-state index contributed by atoms with van der Waals surface area (Å²) in [5.74, 6) is 1.41. The molecule has 2 aromatic heterocycles. The maximum absolute atomic E-state index is 12.6. The van der Waals surface area contributed by atoms with Crippen LogP contribution in [-0.4, -0.2) is 77.1 Å². The molecule has 2 aromatic rings. The molecule has 2 fully saturated rings. The van der Waals surface area contributed by atoms with Crippen molar-refractivity contribution in [2.45, 2.75) is 42.7 Å². The molecule has 3 heterocycles. The van der Waals surface area contributed by atoms with Gasteiger partial charge in [0.2, 0.25) is 15.9 Å². The first kappa shape index (κ1) is 20.4. The summed E-state index contributed by atoms with van der Waals surface area (Å²) < 4.78 is 59.1. The summed E-state index contributed by atoms with van der Waals surface area (Å²) in [5, 5.41) is 3.91. The minimum Gasteiger partial charge on any atom is -0.339 e. The molecular weight excluding hydrogens is 420 g/mol. The highest BCUT2D eigenvalue weighted by molar-refractivity contribution is 7.89. The van der Waals surface area contributed by atoms with E-state index < -0.39 is 26.1 Å². The van der Waals surface area contributed by atoms with Crippen molar-refractivity contribution in [2.24, 2.45) is 7.05 Å². The van der Waals surface area contributed by atoms with Crippen LogP contribution in [0.1, 0.15) is 36.9 Å². The van der Waals surface area contributed by atoms with E-state index in [2.05, 4.69) is 15.1 Å². The van der Waals surface area contributed by atoms with Gasteiger partial charge in [0.15, 0.2) is 10.9 Å². The Kier molecular flexibility index (Phi) is 5.25. The van der Waals surface area contributed by atoms with Gasteiger partial charge in [0.1, 0.15) is 0 Å². The van der Waals surface area contributed by atoms with Crippen LogP contribution in [0, 0.1) is 0 Å². The normalized spacial score (nSPS) is 19.4. The third-order valence-electron chi connectivity index (χ3n) is 5.44. The summed E-state index contributed by atoms with van der Waals surface area (Å²) in [4.78, 5) is 8.26. The summed E-state index contributed by atoms with van der Waals surface area (Å²) in [6.07, 6.45) is 7.51. The summed E-state index contributed by atoms with van der Waals surface area (Å²) >= 11 is 0. The molecule has 0 N–H and O–H groups in total. The molecule has 4 rings (SSSR count). The lowest BCUT2D eigenvalue weighted by Gasteiger charge is -2.42. The summed E-state index contributed by atoms with van der Waals surface area (Å²) in [5.41, 5.74) is 0. The lowest BCUT2D eigenvalue weighted by molar-refractivity contribution is 0.155. The predicted molar refractivity (Wildman–Crippen MR) is 102 cm³/mol. The topological polar surface area (TPSA) is 132 Å². The number of hydrogen-bond donors (Lipinski definition) is 0. The van der Waals surface area contributed by atoms with Crippen molar-refractivity contribution < 1.29 is 21.4 Å². The second kappa shape index (κ2) is 7.45. The Morgan fingerprint density at radius 2 is 1.97 bits per heavy atom. The van der Waals surface area contributed by atoms with Gasteiger partial charge >= 0.3 is 0 Å². The van der Waals surface area contributed by atoms with Gasteiger partial charge in [0.25, 0.3) is 10.0 Å². The molecule has 13 heteroatoms. The average molecular weight is 445 g/mol. The van der Waals surface area contributed by atoms with Crippen molar-refractivity contribution in [2.75, 3.05) is 25.9 Å². The predicted octanol–water partition coefficient (Wildman–Crippen LogP) is -0.0522. The molecular formula is C16H24N6O5S2. The van der Waals surface area contributed by atoms with E-state index in [9.17, 15) is 16.8 Å². The van der Waals surface area contributed by atoms with E-state index in [-0.39, 0.29) is 24.7 Å². The molecule has 2 aliphatic rings. The Hall–Kier alpha value is -1.83. The maximum Gasteiger partial charge on any atom is 0.262 e. The third kappa shape index (κ3) is 4.09. The standard InChI is InChI=1S/C16H24N6O5S2/c1-20-10-15(17-11-20)29(25,26)21-8-13(9-21)22(28(2,23)24)7-6-14-18-16(27-19-14)12-4-3-5-12/h10-13H,3-9H2,1-2H3. The highest BCUT2D eigenvalue weighted by atomic mass is 32.2. The second-order valence-electron chi connectivity index (χ2n) is 7.65. The number of hydrogen-bond acceptors (Lipinski definition) is 8.